The molecular formula is C7H14O3S. The maximum atomic E-state index is 10.3. The van der Waals surface area contributed by atoms with Gasteiger partial charge in [0, 0.05) is 18.6 Å². The number of rotatable bonds is 6. The number of carboxylic acids is 1. The van der Waals surface area contributed by atoms with E-state index in [1.165, 1.54) is 0 Å². The highest BCUT2D eigenvalue weighted by molar-refractivity contribution is 7.99. The van der Waals surface area contributed by atoms with Crippen LogP contribution in [0.15, 0.2) is 0 Å². The van der Waals surface area contributed by atoms with Crippen molar-refractivity contribution in [2.45, 2.75) is 6.92 Å². The second-order valence-corrected chi connectivity index (χ2v) is 3.46. The SMILES string of the molecule is COCCSCC(C)C(=O)O. The van der Waals surface area contributed by atoms with Crippen LogP contribution in [0.4, 0.5) is 0 Å². The van der Waals surface area contributed by atoms with Crippen LogP contribution in [-0.2, 0) is 9.53 Å². The number of hydrogen-bond acceptors (Lipinski definition) is 3. The van der Waals surface area contributed by atoms with Crippen molar-refractivity contribution >= 4 is 17.7 Å². The molecule has 0 saturated carbocycles. The summed E-state index contributed by atoms with van der Waals surface area (Å²) in [7, 11) is 1.64. The molecule has 3 nitrogen and oxygen atoms in total. The summed E-state index contributed by atoms with van der Waals surface area (Å²) in [5, 5.41) is 8.49. The van der Waals surface area contributed by atoms with Crippen LogP contribution in [0.3, 0.4) is 0 Å². The average molecular weight is 178 g/mol. The molecule has 0 aliphatic carbocycles. The molecule has 0 amide bonds. The van der Waals surface area contributed by atoms with Crippen LogP contribution < -0.4 is 0 Å². The Morgan fingerprint density at radius 1 is 1.73 bits per heavy atom. The van der Waals surface area contributed by atoms with E-state index >= 15 is 0 Å². The second kappa shape index (κ2) is 6.49. The average Bonchev–Trinajstić information content (AvgIpc) is 1.97. The van der Waals surface area contributed by atoms with Crippen molar-refractivity contribution < 1.29 is 14.6 Å². The van der Waals surface area contributed by atoms with Gasteiger partial charge in [-0.2, -0.15) is 11.8 Å². The third-order valence-corrected chi connectivity index (χ3v) is 2.41. The van der Waals surface area contributed by atoms with Crippen molar-refractivity contribution in [1.82, 2.24) is 0 Å². The quantitative estimate of drug-likeness (QED) is 0.618. The van der Waals surface area contributed by atoms with Crippen molar-refractivity contribution in [2.24, 2.45) is 5.92 Å². The van der Waals surface area contributed by atoms with Crippen LogP contribution in [0.25, 0.3) is 0 Å². The highest BCUT2D eigenvalue weighted by Crippen LogP contribution is 2.07. The molecule has 0 aliphatic rings. The van der Waals surface area contributed by atoms with E-state index < -0.39 is 5.97 Å². The van der Waals surface area contributed by atoms with Gasteiger partial charge in [-0.1, -0.05) is 6.92 Å². The molecule has 1 atom stereocenters. The number of carboxylic acid groups (broad SMARTS) is 1. The largest absolute Gasteiger partial charge is 0.481 e. The summed E-state index contributed by atoms with van der Waals surface area (Å²) in [4.78, 5) is 10.3. The molecule has 0 aromatic carbocycles. The van der Waals surface area contributed by atoms with E-state index in [2.05, 4.69) is 0 Å². The molecule has 0 fully saturated rings. The normalized spacial score (nSPS) is 12.9. The van der Waals surface area contributed by atoms with Gasteiger partial charge >= 0.3 is 5.97 Å². The van der Waals surface area contributed by atoms with Crippen LogP contribution in [0.5, 0.6) is 0 Å². The fraction of sp³-hybridized carbons (Fsp3) is 0.857. The Labute approximate surface area is 71.1 Å². The zero-order valence-corrected chi connectivity index (χ0v) is 7.69. The molecule has 0 aromatic rings. The molecule has 4 heteroatoms. The first-order valence-electron chi connectivity index (χ1n) is 3.48. The number of carbonyl (C=O) groups is 1. The third kappa shape index (κ3) is 6.19. The Balaban J connectivity index is 3.17. The Bertz CT molecular complexity index is 116. The van der Waals surface area contributed by atoms with Gasteiger partial charge in [-0.05, 0) is 0 Å². The highest BCUT2D eigenvalue weighted by atomic mass is 32.2. The maximum Gasteiger partial charge on any atom is 0.307 e. The van der Waals surface area contributed by atoms with Crippen LogP contribution >= 0.6 is 11.8 Å². The van der Waals surface area contributed by atoms with Crippen molar-refractivity contribution in [3.63, 3.8) is 0 Å². The molecule has 0 heterocycles. The Kier molecular flexibility index (Phi) is 6.36. The van der Waals surface area contributed by atoms with Crippen LogP contribution in [0, 0.1) is 5.92 Å². The minimum Gasteiger partial charge on any atom is -0.481 e. The first kappa shape index (κ1) is 10.8. The topological polar surface area (TPSA) is 46.5 Å². The van der Waals surface area contributed by atoms with Crippen LogP contribution in [-0.4, -0.2) is 36.3 Å². The summed E-state index contributed by atoms with van der Waals surface area (Å²) >= 11 is 1.61. The fourth-order valence-electron chi connectivity index (χ4n) is 0.474. The summed E-state index contributed by atoms with van der Waals surface area (Å²) in [6.45, 7) is 2.40. The number of methoxy groups -OCH3 is 1. The number of aliphatic carboxylic acids is 1. The molecule has 0 rings (SSSR count). The van der Waals surface area contributed by atoms with Crippen molar-refractivity contribution in [3.05, 3.63) is 0 Å². The molecule has 66 valence electrons. The van der Waals surface area contributed by atoms with E-state index in [1.807, 2.05) is 0 Å². The lowest BCUT2D eigenvalue weighted by Crippen LogP contribution is -2.12. The molecule has 11 heavy (non-hydrogen) atoms. The van der Waals surface area contributed by atoms with E-state index in [0.29, 0.717) is 12.4 Å². The smallest absolute Gasteiger partial charge is 0.307 e. The predicted octanol–water partition coefficient (Wildman–Crippen LogP) is 1.09. The summed E-state index contributed by atoms with van der Waals surface area (Å²) in [6, 6.07) is 0. The summed E-state index contributed by atoms with van der Waals surface area (Å²) in [6.07, 6.45) is 0. The van der Waals surface area contributed by atoms with E-state index in [-0.39, 0.29) is 5.92 Å². The van der Waals surface area contributed by atoms with Gasteiger partial charge in [-0.25, -0.2) is 0 Å². The van der Waals surface area contributed by atoms with Crippen molar-refractivity contribution in [1.29, 1.82) is 0 Å². The van der Waals surface area contributed by atoms with Gasteiger partial charge < -0.3 is 9.84 Å². The number of hydrogen-bond donors (Lipinski definition) is 1. The lowest BCUT2D eigenvalue weighted by atomic mass is 10.2. The van der Waals surface area contributed by atoms with Gasteiger partial charge in [0.05, 0.1) is 12.5 Å². The number of ether oxygens (including phenoxy) is 1. The number of thioether (sulfide) groups is 1. The third-order valence-electron chi connectivity index (χ3n) is 1.22. The van der Waals surface area contributed by atoms with E-state index in [9.17, 15) is 4.79 Å². The van der Waals surface area contributed by atoms with Crippen LogP contribution in [0.2, 0.25) is 0 Å². The van der Waals surface area contributed by atoms with Gasteiger partial charge in [0.2, 0.25) is 0 Å². The van der Waals surface area contributed by atoms with Gasteiger partial charge in [-0.15, -0.1) is 0 Å². The lowest BCUT2D eigenvalue weighted by Gasteiger charge is -2.04. The Hall–Kier alpha value is -0.220. The van der Waals surface area contributed by atoms with Crippen molar-refractivity contribution in [2.75, 3.05) is 25.2 Å². The van der Waals surface area contributed by atoms with Gasteiger partial charge in [0.1, 0.15) is 0 Å². The lowest BCUT2D eigenvalue weighted by molar-refractivity contribution is -0.140. The van der Waals surface area contributed by atoms with E-state index in [0.717, 1.165) is 5.75 Å². The minimum absolute atomic E-state index is 0.253. The first-order valence-corrected chi connectivity index (χ1v) is 4.63. The zero-order chi connectivity index (χ0) is 8.69. The molecule has 0 spiro atoms. The second-order valence-electron chi connectivity index (χ2n) is 2.31. The van der Waals surface area contributed by atoms with Gasteiger partial charge in [0.15, 0.2) is 0 Å². The maximum absolute atomic E-state index is 10.3. The first-order chi connectivity index (χ1) is 5.18. The molecule has 0 aliphatic heterocycles. The molecule has 1 N–H and O–H groups in total. The molecule has 0 radical (unpaired) electrons. The molecule has 0 bridgehead atoms. The predicted molar refractivity (Wildman–Crippen MR) is 46.0 cm³/mol. The minimum atomic E-state index is -0.727. The molecule has 1 unspecified atom stereocenters. The molecular weight excluding hydrogens is 164 g/mol. The van der Waals surface area contributed by atoms with Crippen molar-refractivity contribution in [3.8, 4) is 0 Å². The summed E-state index contributed by atoms with van der Waals surface area (Å²) in [5.41, 5.74) is 0. The van der Waals surface area contributed by atoms with Crippen LogP contribution in [0.1, 0.15) is 6.92 Å². The Morgan fingerprint density at radius 2 is 2.36 bits per heavy atom. The van der Waals surface area contributed by atoms with Gasteiger partial charge in [-0.3, -0.25) is 4.79 Å². The highest BCUT2D eigenvalue weighted by Gasteiger charge is 2.09. The fourth-order valence-corrected chi connectivity index (χ4v) is 1.42. The standard InChI is InChI=1S/C7H14O3S/c1-6(7(8)9)5-11-4-3-10-2/h6H,3-5H2,1-2H3,(H,8,9). The van der Waals surface area contributed by atoms with E-state index in [4.69, 9.17) is 9.84 Å². The summed E-state index contributed by atoms with van der Waals surface area (Å²) < 4.78 is 4.82. The van der Waals surface area contributed by atoms with Gasteiger partial charge in [0.25, 0.3) is 0 Å². The van der Waals surface area contributed by atoms with E-state index in [1.54, 1.807) is 25.8 Å². The monoisotopic (exact) mass is 178 g/mol. The molecule has 0 saturated heterocycles. The molecule has 0 aromatic heterocycles. The Morgan fingerprint density at radius 3 is 2.82 bits per heavy atom. The zero-order valence-electron chi connectivity index (χ0n) is 6.87. The summed E-state index contributed by atoms with van der Waals surface area (Å²) in [5.74, 6) is 0.555.